The molecular weight excluding hydrogens is 449 g/mol. The molecule has 1 amide bonds. The first-order valence-electron chi connectivity index (χ1n) is 13.1. The van der Waals surface area contributed by atoms with Gasteiger partial charge < -0.3 is 15.1 Å². The molecule has 194 valence electrons. The number of unbranched alkanes of at least 4 members (excludes halogenated alkanes) is 10. The first kappa shape index (κ1) is 30.6. The number of hydrogen-bond acceptors (Lipinski definition) is 3. The van der Waals surface area contributed by atoms with Gasteiger partial charge in [-0.1, -0.05) is 94.4 Å². The van der Waals surface area contributed by atoms with Gasteiger partial charge >= 0.3 is 7.82 Å². The molecule has 0 unspecified atom stereocenters. The first-order chi connectivity index (χ1) is 16.4. The van der Waals surface area contributed by atoms with Crippen LogP contribution in [0.25, 0.3) is 0 Å². The lowest BCUT2D eigenvalue weighted by molar-refractivity contribution is -0.122. The molecule has 7 heteroatoms. The molecule has 0 fully saturated rings. The van der Waals surface area contributed by atoms with Gasteiger partial charge in [-0.15, -0.1) is 0 Å². The van der Waals surface area contributed by atoms with E-state index in [0.29, 0.717) is 19.3 Å². The molecule has 0 saturated carbocycles. The van der Waals surface area contributed by atoms with Gasteiger partial charge in [0.15, 0.2) is 0 Å². The highest BCUT2D eigenvalue weighted by atomic mass is 31.2. The molecule has 0 aliphatic rings. The Kier molecular flexibility index (Phi) is 17.8. The third kappa shape index (κ3) is 18.9. The average Bonchev–Trinajstić information content (AvgIpc) is 2.81. The zero-order valence-corrected chi connectivity index (χ0v) is 21.9. The van der Waals surface area contributed by atoms with E-state index in [1.807, 2.05) is 30.3 Å². The molecule has 0 bridgehead atoms. The monoisotopic (exact) mass is 495 g/mol. The molecule has 6 nitrogen and oxygen atoms in total. The van der Waals surface area contributed by atoms with Crippen LogP contribution in [0.3, 0.4) is 0 Å². The summed E-state index contributed by atoms with van der Waals surface area (Å²) in [6.07, 6.45) is 20.6. The zero-order valence-electron chi connectivity index (χ0n) is 21.0. The number of phosphoric ester groups is 1. The fourth-order valence-corrected chi connectivity index (χ4v) is 4.22. The average molecular weight is 496 g/mol. The van der Waals surface area contributed by atoms with E-state index in [0.717, 1.165) is 37.7 Å². The summed E-state index contributed by atoms with van der Waals surface area (Å²) in [6, 6.07) is 9.38. The van der Waals surface area contributed by atoms with Gasteiger partial charge in [0.2, 0.25) is 5.91 Å². The third-order valence-corrected chi connectivity index (χ3v) is 6.33. The van der Waals surface area contributed by atoms with Gasteiger partial charge in [-0.3, -0.25) is 9.32 Å². The quantitative estimate of drug-likeness (QED) is 0.0983. The van der Waals surface area contributed by atoms with Crippen molar-refractivity contribution in [3.63, 3.8) is 0 Å². The molecule has 3 N–H and O–H groups in total. The number of rotatable bonds is 21. The molecule has 34 heavy (non-hydrogen) atoms. The maximum absolute atomic E-state index is 12.3. The van der Waals surface area contributed by atoms with E-state index in [9.17, 15) is 9.36 Å². The summed E-state index contributed by atoms with van der Waals surface area (Å²) < 4.78 is 15.7. The predicted octanol–water partition coefficient (Wildman–Crippen LogP) is 6.86. The van der Waals surface area contributed by atoms with Crippen LogP contribution in [-0.4, -0.2) is 28.3 Å². The number of benzene rings is 1. The van der Waals surface area contributed by atoms with Gasteiger partial charge in [-0.25, -0.2) is 4.57 Å². The summed E-state index contributed by atoms with van der Waals surface area (Å²) in [5, 5.41) is 2.89. The Labute approximate surface area is 206 Å². The maximum Gasteiger partial charge on any atom is 0.469 e. The van der Waals surface area contributed by atoms with E-state index in [1.165, 1.54) is 44.9 Å². The summed E-state index contributed by atoms with van der Waals surface area (Å²) in [5.41, 5.74) is 1.11. The zero-order chi connectivity index (χ0) is 24.9. The second kappa shape index (κ2) is 19.8. The molecule has 0 aliphatic heterocycles. The molecule has 0 aromatic heterocycles. The van der Waals surface area contributed by atoms with E-state index in [4.69, 9.17) is 9.79 Å². The number of hydrogen-bond donors (Lipinski definition) is 3. The Hall–Kier alpha value is -1.46. The Morgan fingerprint density at radius 1 is 0.941 bits per heavy atom. The number of amides is 1. The molecule has 0 heterocycles. The van der Waals surface area contributed by atoms with Crippen LogP contribution >= 0.6 is 7.82 Å². The lowest BCUT2D eigenvalue weighted by Gasteiger charge is -2.19. The lowest BCUT2D eigenvalue weighted by atomic mass is 10.1. The number of phosphoric acid groups is 1. The van der Waals surface area contributed by atoms with E-state index < -0.39 is 13.9 Å². The van der Waals surface area contributed by atoms with Crippen molar-refractivity contribution in [3.8, 4) is 0 Å². The topological polar surface area (TPSA) is 95.9 Å². The fraction of sp³-hybridized carbons (Fsp3) is 0.667. The molecule has 0 radical (unpaired) electrons. The number of aryl methyl sites for hydroxylation is 1. The minimum absolute atomic E-state index is 0.0915. The van der Waals surface area contributed by atoms with Crippen LogP contribution in [0.5, 0.6) is 0 Å². The van der Waals surface area contributed by atoms with Crippen LogP contribution in [0.1, 0.15) is 102 Å². The number of carbonyl (C=O) groups is 1. The molecule has 1 aromatic carbocycles. The molecular formula is C27H46NO5P. The Morgan fingerprint density at radius 3 is 2.15 bits per heavy atom. The SMILES string of the molecule is CCCCCCCC/C=C\CCCCCCC(=O)N[C@@H](CCc1ccccc1)COP(=O)(O)O. The summed E-state index contributed by atoms with van der Waals surface area (Å²) >= 11 is 0. The van der Waals surface area contributed by atoms with Crippen LogP contribution in [0.2, 0.25) is 0 Å². The van der Waals surface area contributed by atoms with Crippen molar-refractivity contribution in [1.29, 1.82) is 0 Å². The summed E-state index contributed by atoms with van der Waals surface area (Å²) in [4.78, 5) is 30.3. The standard InChI is InChI=1S/C27H46NO5P/c1-2-3-4-5-6-7-8-9-10-11-12-13-14-18-21-27(29)28-26(24-33-34(30,31)32)23-22-25-19-16-15-17-20-25/h9-10,15-17,19-20,26H,2-8,11-14,18,21-24H2,1H3,(H,28,29)(H2,30,31,32)/b10-9-/t26-/m0/s1. The highest BCUT2D eigenvalue weighted by Gasteiger charge is 2.19. The maximum atomic E-state index is 12.3. The molecule has 1 atom stereocenters. The second-order valence-corrected chi connectivity index (χ2v) is 10.3. The van der Waals surface area contributed by atoms with Crippen molar-refractivity contribution in [2.45, 2.75) is 109 Å². The van der Waals surface area contributed by atoms with Gasteiger partial charge in [0.25, 0.3) is 0 Å². The van der Waals surface area contributed by atoms with Gasteiger partial charge in [0.1, 0.15) is 0 Å². The van der Waals surface area contributed by atoms with Crippen LogP contribution in [0.15, 0.2) is 42.5 Å². The van der Waals surface area contributed by atoms with Gasteiger partial charge in [-0.05, 0) is 50.5 Å². The Bertz CT molecular complexity index is 704. The molecule has 0 spiro atoms. The van der Waals surface area contributed by atoms with Crippen molar-refractivity contribution in [3.05, 3.63) is 48.0 Å². The highest BCUT2D eigenvalue weighted by molar-refractivity contribution is 7.46. The smallest absolute Gasteiger partial charge is 0.351 e. The largest absolute Gasteiger partial charge is 0.469 e. The van der Waals surface area contributed by atoms with Crippen molar-refractivity contribution in [2.24, 2.45) is 0 Å². The number of allylic oxidation sites excluding steroid dienone is 2. The van der Waals surface area contributed by atoms with Gasteiger partial charge in [-0.2, -0.15) is 0 Å². The minimum Gasteiger partial charge on any atom is -0.351 e. The number of nitrogens with one attached hydrogen (secondary N) is 1. The molecule has 1 aromatic rings. The minimum atomic E-state index is -4.57. The summed E-state index contributed by atoms with van der Waals surface area (Å²) in [6.45, 7) is 2.05. The Morgan fingerprint density at radius 2 is 1.53 bits per heavy atom. The fourth-order valence-electron chi connectivity index (χ4n) is 3.85. The lowest BCUT2D eigenvalue weighted by Crippen LogP contribution is -2.38. The van der Waals surface area contributed by atoms with Crippen LogP contribution in [0.4, 0.5) is 0 Å². The second-order valence-electron chi connectivity index (χ2n) is 9.06. The first-order valence-corrected chi connectivity index (χ1v) is 14.6. The van der Waals surface area contributed by atoms with Crippen molar-refractivity contribution in [1.82, 2.24) is 5.32 Å². The Balaban J connectivity index is 2.15. The highest BCUT2D eigenvalue weighted by Crippen LogP contribution is 2.35. The van der Waals surface area contributed by atoms with E-state index >= 15 is 0 Å². The van der Waals surface area contributed by atoms with E-state index in [-0.39, 0.29) is 12.5 Å². The van der Waals surface area contributed by atoms with Crippen LogP contribution in [0, 0.1) is 0 Å². The van der Waals surface area contributed by atoms with Gasteiger partial charge in [0, 0.05) is 6.42 Å². The normalized spacial score (nSPS) is 12.8. The molecule has 1 rings (SSSR count). The molecule has 0 saturated heterocycles. The van der Waals surface area contributed by atoms with Crippen molar-refractivity contribution in [2.75, 3.05) is 6.61 Å². The molecule has 0 aliphatic carbocycles. The summed E-state index contributed by atoms with van der Waals surface area (Å²) in [5.74, 6) is -0.0915. The van der Waals surface area contributed by atoms with Gasteiger partial charge in [0.05, 0.1) is 12.6 Å². The third-order valence-electron chi connectivity index (χ3n) is 5.85. The van der Waals surface area contributed by atoms with Crippen LogP contribution < -0.4 is 5.32 Å². The van der Waals surface area contributed by atoms with Crippen molar-refractivity contribution >= 4 is 13.7 Å². The number of carbonyl (C=O) groups excluding carboxylic acids is 1. The van der Waals surface area contributed by atoms with E-state index in [1.54, 1.807) is 0 Å². The van der Waals surface area contributed by atoms with E-state index in [2.05, 4.69) is 28.9 Å². The van der Waals surface area contributed by atoms with Crippen molar-refractivity contribution < 1.29 is 23.7 Å². The predicted molar refractivity (Wildman–Crippen MR) is 140 cm³/mol. The van der Waals surface area contributed by atoms with Crippen LogP contribution in [-0.2, 0) is 20.3 Å². The summed E-state index contributed by atoms with van der Waals surface area (Å²) in [7, 11) is -4.57.